The Morgan fingerprint density at radius 2 is 1.85 bits per heavy atom. The topological polar surface area (TPSA) is 69.6 Å². The SMILES string of the molecule is Cc1ccc(N2C(=O)C(=Cc3ccc(O)c(Cl)c3)C(=O)NC2=S)cc1C. The smallest absolute Gasteiger partial charge is 0.270 e. The first-order valence-corrected chi connectivity index (χ1v) is 8.54. The van der Waals surface area contributed by atoms with Crippen molar-refractivity contribution in [3.63, 3.8) is 0 Å². The molecule has 0 saturated carbocycles. The van der Waals surface area contributed by atoms with E-state index in [4.69, 9.17) is 23.8 Å². The number of carbonyl (C=O) groups excluding carboxylic acids is 2. The maximum absolute atomic E-state index is 12.9. The van der Waals surface area contributed by atoms with Crippen molar-refractivity contribution >= 4 is 52.5 Å². The molecule has 1 aliphatic rings. The number of rotatable bonds is 2. The molecule has 2 amide bonds. The van der Waals surface area contributed by atoms with E-state index in [0.29, 0.717) is 11.3 Å². The number of benzene rings is 2. The quantitative estimate of drug-likeness (QED) is 0.471. The molecular formula is C19H15ClN2O3S. The lowest BCUT2D eigenvalue weighted by atomic mass is 10.1. The van der Waals surface area contributed by atoms with Gasteiger partial charge in [0.05, 0.1) is 10.7 Å². The van der Waals surface area contributed by atoms with Crippen LogP contribution < -0.4 is 10.2 Å². The Hall–Kier alpha value is -2.70. The number of anilines is 1. The van der Waals surface area contributed by atoms with E-state index in [2.05, 4.69) is 5.32 Å². The van der Waals surface area contributed by atoms with Gasteiger partial charge >= 0.3 is 0 Å². The van der Waals surface area contributed by atoms with Gasteiger partial charge in [0.25, 0.3) is 11.8 Å². The molecule has 26 heavy (non-hydrogen) atoms. The van der Waals surface area contributed by atoms with Crippen molar-refractivity contribution < 1.29 is 14.7 Å². The van der Waals surface area contributed by atoms with Crippen molar-refractivity contribution in [2.24, 2.45) is 0 Å². The van der Waals surface area contributed by atoms with Gasteiger partial charge < -0.3 is 5.11 Å². The third-order valence-corrected chi connectivity index (χ3v) is 4.72. The van der Waals surface area contributed by atoms with Crippen molar-refractivity contribution in [3.8, 4) is 5.75 Å². The number of aromatic hydroxyl groups is 1. The van der Waals surface area contributed by atoms with Gasteiger partial charge in [-0.15, -0.1) is 0 Å². The maximum atomic E-state index is 12.9. The van der Waals surface area contributed by atoms with Gasteiger partial charge in [-0.25, -0.2) is 0 Å². The normalized spacial score (nSPS) is 16.2. The van der Waals surface area contributed by atoms with Crippen LogP contribution in [-0.2, 0) is 9.59 Å². The Bertz CT molecular complexity index is 985. The second-order valence-electron chi connectivity index (χ2n) is 5.94. The van der Waals surface area contributed by atoms with Crippen LogP contribution >= 0.6 is 23.8 Å². The van der Waals surface area contributed by atoms with E-state index in [-0.39, 0.29) is 21.5 Å². The number of aryl methyl sites for hydroxylation is 2. The lowest BCUT2D eigenvalue weighted by molar-refractivity contribution is -0.122. The molecule has 7 heteroatoms. The summed E-state index contributed by atoms with van der Waals surface area (Å²) in [6.07, 6.45) is 1.42. The zero-order valence-electron chi connectivity index (χ0n) is 14.0. The van der Waals surface area contributed by atoms with Crippen LogP contribution in [-0.4, -0.2) is 22.0 Å². The molecule has 0 spiro atoms. The highest BCUT2D eigenvalue weighted by molar-refractivity contribution is 7.80. The molecule has 1 heterocycles. The van der Waals surface area contributed by atoms with Gasteiger partial charge in [0, 0.05) is 0 Å². The number of nitrogens with zero attached hydrogens (tertiary/aromatic N) is 1. The minimum Gasteiger partial charge on any atom is -0.506 e. The van der Waals surface area contributed by atoms with E-state index < -0.39 is 11.8 Å². The summed E-state index contributed by atoms with van der Waals surface area (Å²) in [6, 6.07) is 9.93. The van der Waals surface area contributed by atoms with E-state index in [1.165, 1.54) is 23.1 Å². The molecule has 132 valence electrons. The largest absolute Gasteiger partial charge is 0.506 e. The molecule has 2 N–H and O–H groups in total. The summed E-state index contributed by atoms with van der Waals surface area (Å²) in [4.78, 5) is 26.5. The monoisotopic (exact) mass is 386 g/mol. The fourth-order valence-corrected chi connectivity index (χ4v) is 3.01. The van der Waals surface area contributed by atoms with Crippen LogP contribution in [0.2, 0.25) is 5.02 Å². The molecule has 0 aliphatic carbocycles. The number of hydrogen-bond donors (Lipinski definition) is 2. The minimum absolute atomic E-state index is 0.0316. The molecule has 0 bridgehead atoms. The number of phenols is 1. The summed E-state index contributed by atoms with van der Waals surface area (Å²) < 4.78 is 0. The molecule has 0 atom stereocenters. The fraction of sp³-hybridized carbons (Fsp3) is 0.105. The number of halogens is 1. The zero-order valence-corrected chi connectivity index (χ0v) is 15.6. The van der Waals surface area contributed by atoms with Crippen molar-refractivity contribution in [1.82, 2.24) is 5.32 Å². The summed E-state index contributed by atoms with van der Waals surface area (Å²) in [6.45, 7) is 3.90. The molecule has 1 fully saturated rings. The van der Waals surface area contributed by atoms with E-state index >= 15 is 0 Å². The van der Waals surface area contributed by atoms with Crippen LogP contribution in [0.1, 0.15) is 16.7 Å². The number of phenolic OH excluding ortho intramolecular Hbond substituents is 1. The Morgan fingerprint density at radius 3 is 2.50 bits per heavy atom. The van der Waals surface area contributed by atoms with E-state index in [0.717, 1.165) is 11.1 Å². The van der Waals surface area contributed by atoms with Crippen molar-refractivity contribution in [1.29, 1.82) is 0 Å². The summed E-state index contributed by atoms with van der Waals surface area (Å²) in [7, 11) is 0. The molecule has 2 aromatic rings. The second-order valence-corrected chi connectivity index (χ2v) is 6.73. The first-order valence-electron chi connectivity index (χ1n) is 7.75. The first-order chi connectivity index (χ1) is 12.3. The van der Waals surface area contributed by atoms with Crippen LogP contribution in [0.25, 0.3) is 6.08 Å². The predicted octanol–water partition coefficient (Wildman–Crippen LogP) is 3.49. The molecule has 0 aromatic heterocycles. The van der Waals surface area contributed by atoms with Crippen LogP contribution in [0.3, 0.4) is 0 Å². The highest BCUT2D eigenvalue weighted by Gasteiger charge is 2.34. The number of thiocarbonyl (C=S) groups is 1. The summed E-state index contributed by atoms with van der Waals surface area (Å²) >= 11 is 11.1. The molecule has 3 rings (SSSR count). The third kappa shape index (κ3) is 3.34. The van der Waals surface area contributed by atoms with Gasteiger partial charge in [0.15, 0.2) is 5.11 Å². The van der Waals surface area contributed by atoms with Gasteiger partial charge in [-0.3, -0.25) is 19.8 Å². The Morgan fingerprint density at radius 1 is 1.12 bits per heavy atom. The van der Waals surface area contributed by atoms with E-state index in [9.17, 15) is 14.7 Å². The number of carbonyl (C=O) groups is 2. The summed E-state index contributed by atoms with van der Waals surface area (Å²) in [5, 5.41) is 12.2. The van der Waals surface area contributed by atoms with Crippen LogP contribution in [0, 0.1) is 13.8 Å². The number of amides is 2. The average Bonchev–Trinajstić information content (AvgIpc) is 2.57. The maximum Gasteiger partial charge on any atom is 0.270 e. The molecule has 5 nitrogen and oxygen atoms in total. The predicted molar refractivity (Wildman–Crippen MR) is 105 cm³/mol. The number of nitrogens with one attached hydrogen (secondary N) is 1. The highest BCUT2D eigenvalue weighted by Crippen LogP contribution is 2.27. The lowest BCUT2D eigenvalue weighted by Crippen LogP contribution is -2.54. The van der Waals surface area contributed by atoms with Gasteiger partial charge in [-0.1, -0.05) is 23.7 Å². The highest BCUT2D eigenvalue weighted by atomic mass is 35.5. The van der Waals surface area contributed by atoms with Gasteiger partial charge in [0.2, 0.25) is 0 Å². The second kappa shape index (κ2) is 6.90. The fourth-order valence-electron chi connectivity index (χ4n) is 2.54. The van der Waals surface area contributed by atoms with Crippen LogP contribution in [0.15, 0.2) is 42.0 Å². The van der Waals surface area contributed by atoms with Gasteiger partial charge in [0.1, 0.15) is 11.3 Å². The van der Waals surface area contributed by atoms with Crippen molar-refractivity contribution in [2.45, 2.75) is 13.8 Å². The summed E-state index contributed by atoms with van der Waals surface area (Å²) in [5.74, 6) is -1.18. The van der Waals surface area contributed by atoms with Crippen LogP contribution in [0.4, 0.5) is 5.69 Å². The standard InChI is InChI=1S/C19H15ClN2O3S/c1-10-3-5-13(7-11(10)2)22-18(25)14(17(24)21-19(22)26)8-12-4-6-16(23)15(20)9-12/h3-9,23H,1-2H3,(H,21,24,26). The molecule has 1 aliphatic heterocycles. The van der Waals surface area contributed by atoms with E-state index in [1.807, 2.05) is 26.0 Å². The number of hydrogen-bond acceptors (Lipinski definition) is 4. The third-order valence-electron chi connectivity index (χ3n) is 4.13. The van der Waals surface area contributed by atoms with Gasteiger partial charge in [-0.05, 0) is 73.1 Å². The molecule has 0 radical (unpaired) electrons. The van der Waals surface area contributed by atoms with Gasteiger partial charge in [-0.2, -0.15) is 0 Å². The Labute approximate surface area is 160 Å². The minimum atomic E-state index is -0.579. The lowest BCUT2D eigenvalue weighted by Gasteiger charge is -2.29. The Balaban J connectivity index is 2.03. The van der Waals surface area contributed by atoms with Crippen molar-refractivity contribution in [3.05, 3.63) is 63.7 Å². The Kier molecular flexibility index (Phi) is 4.80. The first kappa shape index (κ1) is 18.1. The van der Waals surface area contributed by atoms with Crippen molar-refractivity contribution in [2.75, 3.05) is 4.90 Å². The molecule has 0 unspecified atom stereocenters. The molecule has 1 saturated heterocycles. The van der Waals surface area contributed by atoms with E-state index in [1.54, 1.807) is 12.1 Å². The summed E-state index contributed by atoms with van der Waals surface area (Å²) in [5.41, 5.74) is 3.11. The average molecular weight is 387 g/mol. The molecular weight excluding hydrogens is 372 g/mol. The zero-order chi connectivity index (χ0) is 19.0. The van der Waals surface area contributed by atoms with Crippen LogP contribution in [0.5, 0.6) is 5.75 Å². The molecule has 2 aromatic carbocycles.